The zero-order valence-electron chi connectivity index (χ0n) is 11.9. The molecule has 0 radical (unpaired) electrons. The lowest BCUT2D eigenvalue weighted by Gasteiger charge is -2.29. The van der Waals surface area contributed by atoms with Crippen LogP contribution in [-0.4, -0.2) is 30.0 Å². The first-order chi connectivity index (χ1) is 9.81. The Morgan fingerprint density at radius 3 is 2.90 bits per heavy atom. The van der Waals surface area contributed by atoms with Crippen LogP contribution in [0.2, 0.25) is 0 Å². The van der Waals surface area contributed by atoms with Gasteiger partial charge in [0.2, 0.25) is 0 Å². The van der Waals surface area contributed by atoms with E-state index < -0.39 is 0 Å². The Hall–Kier alpha value is -1.87. The standard InChI is InChI=1S/C17H21N3/c1-20(13-16-7-4-5-9-18-16)12-14-10-15-6-2-3-8-17(15)19-11-14/h2-9,14,19H,10-13H2,1H3. The van der Waals surface area contributed by atoms with E-state index in [1.807, 2.05) is 12.3 Å². The molecule has 1 aliphatic heterocycles. The van der Waals surface area contributed by atoms with Crippen LogP contribution in [0.3, 0.4) is 0 Å². The molecule has 0 fully saturated rings. The minimum Gasteiger partial charge on any atom is -0.384 e. The van der Waals surface area contributed by atoms with E-state index in [1.54, 1.807) is 0 Å². The Morgan fingerprint density at radius 2 is 2.05 bits per heavy atom. The summed E-state index contributed by atoms with van der Waals surface area (Å²) in [5, 5.41) is 3.54. The van der Waals surface area contributed by atoms with Gasteiger partial charge in [0.25, 0.3) is 0 Å². The molecule has 1 unspecified atom stereocenters. The number of rotatable bonds is 4. The molecule has 0 bridgehead atoms. The summed E-state index contributed by atoms with van der Waals surface area (Å²) in [6, 6.07) is 14.7. The quantitative estimate of drug-likeness (QED) is 0.923. The molecule has 3 heteroatoms. The first kappa shape index (κ1) is 13.1. The molecule has 0 spiro atoms. The summed E-state index contributed by atoms with van der Waals surface area (Å²) in [5.74, 6) is 0.665. The van der Waals surface area contributed by atoms with E-state index in [0.717, 1.165) is 31.7 Å². The third kappa shape index (κ3) is 3.17. The number of benzene rings is 1. The van der Waals surface area contributed by atoms with Gasteiger partial charge in [-0.2, -0.15) is 0 Å². The summed E-state index contributed by atoms with van der Waals surface area (Å²) in [7, 11) is 2.18. The number of hydrogen-bond donors (Lipinski definition) is 1. The van der Waals surface area contributed by atoms with Crippen molar-refractivity contribution in [1.82, 2.24) is 9.88 Å². The first-order valence-electron chi connectivity index (χ1n) is 7.21. The van der Waals surface area contributed by atoms with Gasteiger partial charge < -0.3 is 10.2 Å². The van der Waals surface area contributed by atoms with Crippen molar-refractivity contribution in [2.75, 3.05) is 25.5 Å². The molecule has 0 saturated heterocycles. The number of pyridine rings is 1. The van der Waals surface area contributed by atoms with Gasteiger partial charge in [0.1, 0.15) is 0 Å². The van der Waals surface area contributed by atoms with E-state index >= 15 is 0 Å². The highest BCUT2D eigenvalue weighted by Crippen LogP contribution is 2.24. The van der Waals surface area contributed by atoms with E-state index in [-0.39, 0.29) is 0 Å². The molecule has 20 heavy (non-hydrogen) atoms. The highest BCUT2D eigenvalue weighted by atomic mass is 15.1. The Labute approximate surface area is 120 Å². The fraction of sp³-hybridized carbons (Fsp3) is 0.353. The topological polar surface area (TPSA) is 28.2 Å². The average Bonchev–Trinajstić information content (AvgIpc) is 2.48. The lowest BCUT2D eigenvalue weighted by atomic mass is 9.93. The summed E-state index contributed by atoms with van der Waals surface area (Å²) in [6.45, 7) is 3.07. The minimum atomic E-state index is 0.665. The van der Waals surface area contributed by atoms with Crippen molar-refractivity contribution in [3.63, 3.8) is 0 Å². The number of fused-ring (bicyclic) bond motifs is 1. The van der Waals surface area contributed by atoms with Crippen LogP contribution >= 0.6 is 0 Å². The zero-order valence-corrected chi connectivity index (χ0v) is 11.9. The van der Waals surface area contributed by atoms with Crippen molar-refractivity contribution in [1.29, 1.82) is 0 Å². The van der Waals surface area contributed by atoms with Crippen molar-refractivity contribution in [2.45, 2.75) is 13.0 Å². The van der Waals surface area contributed by atoms with Gasteiger partial charge in [0.05, 0.1) is 5.69 Å². The monoisotopic (exact) mass is 267 g/mol. The minimum absolute atomic E-state index is 0.665. The van der Waals surface area contributed by atoms with Crippen LogP contribution in [0.5, 0.6) is 0 Å². The van der Waals surface area contributed by atoms with E-state index in [4.69, 9.17) is 0 Å². The molecule has 0 saturated carbocycles. The molecule has 1 aliphatic rings. The molecule has 1 atom stereocenters. The van der Waals surface area contributed by atoms with Crippen LogP contribution < -0.4 is 5.32 Å². The second-order valence-corrected chi connectivity index (χ2v) is 5.63. The van der Waals surface area contributed by atoms with Crippen LogP contribution in [0.15, 0.2) is 48.7 Å². The van der Waals surface area contributed by atoms with Gasteiger partial charge in [-0.3, -0.25) is 4.98 Å². The molecule has 1 aromatic carbocycles. The lowest BCUT2D eigenvalue weighted by Crippen LogP contribution is -2.33. The summed E-state index contributed by atoms with van der Waals surface area (Å²) in [4.78, 5) is 6.75. The zero-order chi connectivity index (χ0) is 13.8. The van der Waals surface area contributed by atoms with Gasteiger partial charge in [-0.25, -0.2) is 0 Å². The number of para-hydroxylation sites is 1. The van der Waals surface area contributed by atoms with Gasteiger partial charge in [-0.05, 0) is 43.1 Å². The van der Waals surface area contributed by atoms with Gasteiger partial charge in [-0.1, -0.05) is 24.3 Å². The second kappa shape index (κ2) is 6.06. The van der Waals surface area contributed by atoms with Crippen molar-refractivity contribution < 1.29 is 0 Å². The normalized spacial score (nSPS) is 17.6. The summed E-state index contributed by atoms with van der Waals surface area (Å²) in [6.07, 6.45) is 3.03. The summed E-state index contributed by atoms with van der Waals surface area (Å²) >= 11 is 0. The second-order valence-electron chi connectivity index (χ2n) is 5.63. The van der Waals surface area contributed by atoms with Crippen molar-refractivity contribution in [2.24, 2.45) is 5.92 Å². The number of hydrogen-bond acceptors (Lipinski definition) is 3. The fourth-order valence-electron chi connectivity index (χ4n) is 2.91. The Kier molecular flexibility index (Phi) is 3.97. The van der Waals surface area contributed by atoms with Crippen LogP contribution in [0.1, 0.15) is 11.3 Å². The first-order valence-corrected chi connectivity index (χ1v) is 7.21. The molecular formula is C17H21N3. The Morgan fingerprint density at radius 1 is 1.20 bits per heavy atom. The molecule has 0 amide bonds. The van der Waals surface area contributed by atoms with Gasteiger partial charge in [0, 0.05) is 31.5 Å². The van der Waals surface area contributed by atoms with Crippen molar-refractivity contribution in [3.8, 4) is 0 Å². The predicted molar refractivity (Wildman–Crippen MR) is 82.7 cm³/mol. The fourth-order valence-corrected chi connectivity index (χ4v) is 2.91. The molecule has 2 aromatic rings. The van der Waals surface area contributed by atoms with Crippen molar-refractivity contribution >= 4 is 5.69 Å². The molecule has 3 nitrogen and oxygen atoms in total. The van der Waals surface area contributed by atoms with E-state index in [9.17, 15) is 0 Å². The SMILES string of the molecule is CN(Cc1ccccn1)CC1CNc2ccccc2C1. The predicted octanol–water partition coefficient (Wildman–Crippen LogP) is 2.80. The molecular weight excluding hydrogens is 246 g/mol. The highest BCUT2D eigenvalue weighted by Gasteiger charge is 2.19. The Bertz CT molecular complexity index is 553. The summed E-state index contributed by atoms with van der Waals surface area (Å²) < 4.78 is 0. The molecule has 0 aliphatic carbocycles. The maximum absolute atomic E-state index is 4.39. The van der Waals surface area contributed by atoms with E-state index in [0.29, 0.717) is 5.92 Å². The smallest absolute Gasteiger partial charge is 0.0543 e. The summed E-state index contributed by atoms with van der Waals surface area (Å²) in [5.41, 5.74) is 3.88. The maximum Gasteiger partial charge on any atom is 0.0543 e. The third-order valence-corrected chi connectivity index (χ3v) is 3.84. The van der Waals surface area contributed by atoms with Gasteiger partial charge >= 0.3 is 0 Å². The number of aromatic nitrogens is 1. The van der Waals surface area contributed by atoms with Crippen molar-refractivity contribution in [3.05, 3.63) is 59.9 Å². The number of nitrogens with one attached hydrogen (secondary N) is 1. The number of anilines is 1. The van der Waals surface area contributed by atoms with Gasteiger partial charge in [0.15, 0.2) is 0 Å². The Balaban J connectivity index is 1.57. The molecule has 2 heterocycles. The molecule has 3 rings (SSSR count). The van der Waals surface area contributed by atoms with Crippen LogP contribution in [-0.2, 0) is 13.0 Å². The molecule has 1 aromatic heterocycles. The molecule has 104 valence electrons. The lowest BCUT2D eigenvalue weighted by molar-refractivity contribution is 0.269. The van der Waals surface area contributed by atoms with Gasteiger partial charge in [-0.15, -0.1) is 0 Å². The van der Waals surface area contributed by atoms with E-state index in [2.05, 4.69) is 58.6 Å². The highest BCUT2D eigenvalue weighted by molar-refractivity contribution is 5.53. The maximum atomic E-state index is 4.39. The number of nitrogens with zero attached hydrogens (tertiary/aromatic N) is 2. The largest absolute Gasteiger partial charge is 0.384 e. The average molecular weight is 267 g/mol. The van der Waals surface area contributed by atoms with Crippen LogP contribution in [0.4, 0.5) is 5.69 Å². The molecule has 1 N–H and O–H groups in total. The van der Waals surface area contributed by atoms with Crippen LogP contribution in [0, 0.1) is 5.92 Å². The third-order valence-electron chi connectivity index (χ3n) is 3.84. The van der Waals surface area contributed by atoms with Crippen LogP contribution in [0.25, 0.3) is 0 Å². The van der Waals surface area contributed by atoms with E-state index in [1.165, 1.54) is 11.3 Å².